The number of amides is 2. The quantitative estimate of drug-likeness (QED) is 0.274. The maximum atomic E-state index is 13.5. The van der Waals surface area contributed by atoms with Crippen molar-refractivity contribution in [1.82, 2.24) is 14.2 Å². The minimum absolute atomic E-state index is 0.00665. The van der Waals surface area contributed by atoms with Crippen molar-refractivity contribution < 1.29 is 27.5 Å². The largest absolute Gasteiger partial charge is 0.466 e. The Balaban J connectivity index is 1.25. The van der Waals surface area contributed by atoms with Crippen molar-refractivity contribution in [3.8, 4) is 10.6 Å². The molecule has 0 radical (unpaired) electrons. The lowest BCUT2D eigenvalue weighted by Gasteiger charge is -2.30. The first-order valence-corrected chi connectivity index (χ1v) is 17.6. The van der Waals surface area contributed by atoms with E-state index in [1.54, 1.807) is 30.1 Å². The molecule has 10 nitrogen and oxygen atoms in total. The first kappa shape index (κ1) is 30.4. The molecule has 4 heterocycles. The summed E-state index contributed by atoms with van der Waals surface area (Å²) in [6.07, 6.45) is 1.81. The second-order valence-corrected chi connectivity index (χ2v) is 14.9. The number of carbonyl (C=O) groups excluding carboxylic acids is 3. The molecule has 0 saturated carbocycles. The van der Waals surface area contributed by atoms with E-state index in [-0.39, 0.29) is 35.8 Å². The summed E-state index contributed by atoms with van der Waals surface area (Å²) >= 11 is 3.00. The second kappa shape index (κ2) is 12.4. The molecule has 2 aromatic heterocycles. The number of aromatic nitrogens is 1. The first-order valence-electron chi connectivity index (χ1n) is 14.5. The van der Waals surface area contributed by atoms with Gasteiger partial charge in [0.2, 0.25) is 15.9 Å². The molecule has 2 aromatic carbocycles. The third kappa shape index (κ3) is 5.88. The third-order valence-electron chi connectivity index (χ3n) is 8.00. The van der Waals surface area contributed by atoms with E-state index in [0.29, 0.717) is 49.5 Å². The Bertz CT molecular complexity index is 1810. The minimum Gasteiger partial charge on any atom is -0.466 e. The Hall–Kier alpha value is -3.65. The summed E-state index contributed by atoms with van der Waals surface area (Å²) in [6.45, 7) is 4.99. The summed E-state index contributed by atoms with van der Waals surface area (Å²) in [5, 5.41) is 4.51. The van der Waals surface area contributed by atoms with Gasteiger partial charge >= 0.3 is 5.97 Å². The van der Waals surface area contributed by atoms with Gasteiger partial charge in [-0.1, -0.05) is 12.1 Å². The van der Waals surface area contributed by atoms with E-state index in [1.807, 2.05) is 24.3 Å². The van der Waals surface area contributed by atoms with Crippen molar-refractivity contribution in [1.29, 1.82) is 0 Å². The van der Waals surface area contributed by atoms with E-state index in [2.05, 4.69) is 5.32 Å². The van der Waals surface area contributed by atoms with Gasteiger partial charge in [-0.15, -0.1) is 22.7 Å². The number of piperidine rings is 1. The van der Waals surface area contributed by atoms with Crippen molar-refractivity contribution in [3.63, 3.8) is 0 Å². The molecule has 2 aliphatic heterocycles. The number of hydrogen-bond acceptors (Lipinski definition) is 9. The molecule has 4 aromatic rings. The van der Waals surface area contributed by atoms with Gasteiger partial charge in [0.25, 0.3) is 5.91 Å². The summed E-state index contributed by atoms with van der Waals surface area (Å²) in [5.41, 5.74) is 3.15. The molecule has 1 atom stereocenters. The number of carbonyl (C=O) groups is 3. The van der Waals surface area contributed by atoms with Crippen LogP contribution in [0.25, 0.3) is 20.8 Å². The molecule has 2 aliphatic rings. The van der Waals surface area contributed by atoms with Gasteiger partial charge in [-0.2, -0.15) is 4.31 Å². The van der Waals surface area contributed by atoms with Gasteiger partial charge in [-0.3, -0.25) is 14.4 Å². The minimum atomic E-state index is -3.86. The summed E-state index contributed by atoms with van der Waals surface area (Å²) in [5.74, 6) is -1.24. The van der Waals surface area contributed by atoms with E-state index < -0.39 is 15.9 Å². The van der Waals surface area contributed by atoms with E-state index in [1.165, 1.54) is 39.9 Å². The molecular weight excluding hydrogens is 621 g/mol. The van der Waals surface area contributed by atoms with Crippen LogP contribution in [0, 0.1) is 5.92 Å². The highest BCUT2D eigenvalue weighted by atomic mass is 32.2. The van der Waals surface area contributed by atoms with Gasteiger partial charge in [-0.05, 0) is 68.1 Å². The lowest BCUT2D eigenvalue weighted by atomic mass is 10.0. The number of sulfonamides is 1. The Morgan fingerprint density at radius 3 is 2.57 bits per heavy atom. The van der Waals surface area contributed by atoms with Crippen LogP contribution in [0.5, 0.6) is 0 Å². The number of esters is 1. The average Bonchev–Trinajstić information content (AvgIpc) is 3.61. The zero-order valence-corrected chi connectivity index (χ0v) is 26.8. The fraction of sp³-hybridized carbons (Fsp3) is 0.355. The van der Waals surface area contributed by atoms with Crippen LogP contribution in [-0.4, -0.2) is 66.6 Å². The highest BCUT2D eigenvalue weighted by Crippen LogP contribution is 2.46. The normalized spacial score (nSPS) is 17.3. The fourth-order valence-electron chi connectivity index (χ4n) is 5.68. The van der Waals surface area contributed by atoms with Crippen molar-refractivity contribution in [2.75, 3.05) is 31.6 Å². The Labute approximate surface area is 263 Å². The summed E-state index contributed by atoms with van der Waals surface area (Å²) < 4.78 is 34.2. The standard InChI is InChI=1S/C31H32N4O6S3/c1-3-41-31(38)21-7-6-15-35(17-21)44(39,40)22-12-10-20(11-13-22)28(37)33-30-27(29-32-24-8-4-5-9-25(24)42-29)23-14-16-34(19(2)36)18-26(23)43-30/h4-5,8-13,21H,3,6-7,14-18H2,1-2H3,(H,33,37). The predicted octanol–water partition coefficient (Wildman–Crippen LogP) is 5.15. The first-order chi connectivity index (χ1) is 21.2. The molecule has 0 spiro atoms. The van der Waals surface area contributed by atoms with Crippen LogP contribution < -0.4 is 5.32 Å². The van der Waals surface area contributed by atoms with Gasteiger partial charge in [0, 0.05) is 42.6 Å². The highest BCUT2D eigenvalue weighted by Gasteiger charge is 2.34. The van der Waals surface area contributed by atoms with Crippen LogP contribution in [0.2, 0.25) is 0 Å². The summed E-state index contributed by atoms with van der Waals surface area (Å²) in [7, 11) is -3.86. The van der Waals surface area contributed by atoms with Gasteiger partial charge in [-0.25, -0.2) is 13.4 Å². The number of ether oxygens (including phenoxy) is 1. The molecule has 2 amide bonds. The zero-order chi connectivity index (χ0) is 31.0. The van der Waals surface area contributed by atoms with Gasteiger partial charge in [0.05, 0.1) is 34.2 Å². The van der Waals surface area contributed by atoms with Crippen LogP contribution in [0.1, 0.15) is 47.5 Å². The van der Waals surface area contributed by atoms with Gasteiger partial charge in [0.15, 0.2) is 0 Å². The van der Waals surface area contributed by atoms with E-state index >= 15 is 0 Å². The van der Waals surface area contributed by atoms with E-state index in [4.69, 9.17) is 9.72 Å². The summed E-state index contributed by atoms with van der Waals surface area (Å²) in [6, 6.07) is 13.7. The Kier molecular flexibility index (Phi) is 8.55. The monoisotopic (exact) mass is 652 g/mol. The van der Waals surface area contributed by atoms with Gasteiger partial charge in [0.1, 0.15) is 10.0 Å². The summed E-state index contributed by atoms with van der Waals surface area (Å²) in [4.78, 5) is 45.6. The predicted molar refractivity (Wildman–Crippen MR) is 170 cm³/mol. The van der Waals surface area contributed by atoms with Crippen LogP contribution >= 0.6 is 22.7 Å². The SMILES string of the molecule is CCOC(=O)C1CCCN(S(=O)(=O)c2ccc(C(=O)Nc3sc4c(c3-c3nc5ccccc5s3)CCN(C(C)=O)C4)cc2)C1. The number of thiazole rings is 1. The Morgan fingerprint density at radius 1 is 1.07 bits per heavy atom. The van der Waals surface area contributed by atoms with Gasteiger partial charge < -0.3 is 15.0 Å². The number of rotatable bonds is 7. The van der Waals surface area contributed by atoms with E-state index in [0.717, 1.165) is 31.2 Å². The molecule has 230 valence electrons. The number of fused-ring (bicyclic) bond motifs is 2. The van der Waals surface area contributed by atoms with Crippen LogP contribution in [0.15, 0.2) is 53.4 Å². The molecule has 1 N–H and O–H groups in total. The lowest BCUT2D eigenvalue weighted by Crippen LogP contribution is -2.42. The zero-order valence-electron chi connectivity index (χ0n) is 24.4. The van der Waals surface area contributed by atoms with Crippen molar-refractivity contribution in [3.05, 3.63) is 64.5 Å². The number of nitrogens with one attached hydrogen (secondary N) is 1. The molecule has 0 aliphatic carbocycles. The second-order valence-electron chi connectivity index (χ2n) is 10.8. The number of anilines is 1. The third-order valence-corrected chi connectivity index (χ3v) is 12.1. The molecule has 1 unspecified atom stereocenters. The molecule has 1 saturated heterocycles. The number of benzene rings is 2. The molecule has 0 bridgehead atoms. The van der Waals surface area contributed by atoms with Crippen LogP contribution in [0.3, 0.4) is 0 Å². The van der Waals surface area contributed by atoms with Crippen LogP contribution in [-0.2, 0) is 37.3 Å². The van der Waals surface area contributed by atoms with Crippen LogP contribution in [0.4, 0.5) is 5.00 Å². The molecule has 13 heteroatoms. The number of nitrogens with zero attached hydrogens (tertiary/aromatic N) is 3. The van der Waals surface area contributed by atoms with E-state index in [9.17, 15) is 22.8 Å². The number of thiophene rings is 1. The maximum absolute atomic E-state index is 13.5. The fourth-order valence-corrected chi connectivity index (χ4v) is 9.57. The van der Waals surface area contributed by atoms with Crippen molar-refractivity contribution in [2.24, 2.45) is 5.92 Å². The molecule has 1 fully saturated rings. The maximum Gasteiger partial charge on any atom is 0.310 e. The van der Waals surface area contributed by atoms with Crippen molar-refractivity contribution >= 4 is 65.7 Å². The smallest absolute Gasteiger partial charge is 0.310 e. The molecule has 6 rings (SSSR count). The molecular formula is C31H32N4O6S3. The topological polar surface area (TPSA) is 126 Å². The van der Waals surface area contributed by atoms with Crippen molar-refractivity contribution in [2.45, 2.75) is 44.6 Å². The Morgan fingerprint density at radius 2 is 1.84 bits per heavy atom. The lowest BCUT2D eigenvalue weighted by molar-refractivity contribution is -0.149. The highest BCUT2D eigenvalue weighted by molar-refractivity contribution is 7.89. The average molecular weight is 653 g/mol. The number of para-hydroxylation sites is 1. The number of hydrogen-bond donors (Lipinski definition) is 1. The molecule has 44 heavy (non-hydrogen) atoms.